The van der Waals surface area contributed by atoms with Gasteiger partial charge in [0.25, 0.3) is 10.1 Å². The lowest BCUT2D eigenvalue weighted by Gasteiger charge is -2.06. The molecule has 0 saturated carbocycles. The molecule has 0 aliphatic carbocycles. The number of rotatable bonds is 6. The Labute approximate surface area is 107 Å². The van der Waals surface area contributed by atoms with Crippen LogP contribution in [0.5, 0.6) is 0 Å². The first kappa shape index (κ1) is 13.9. The predicted octanol–water partition coefficient (Wildman–Crippen LogP) is 2.11. The third-order valence-electron chi connectivity index (χ3n) is 1.87. The molecule has 16 heavy (non-hydrogen) atoms. The molecule has 0 atom stereocenters. The van der Waals surface area contributed by atoms with Crippen LogP contribution in [0.3, 0.4) is 0 Å². The van der Waals surface area contributed by atoms with Gasteiger partial charge in [0, 0.05) is 4.58 Å². The first-order chi connectivity index (χ1) is 7.49. The van der Waals surface area contributed by atoms with Crippen molar-refractivity contribution in [2.75, 3.05) is 5.75 Å². The summed E-state index contributed by atoms with van der Waals surface area (Å²) in [4.78, 5) is 0. The second kappa shape index (κ2) is 6.54. The summed E-state index contributed by atoms with van der Waals surface area (Å²) >= 11 is 7.98. The summed E-state index contributed by atoms with van der Waals surface area (Å²) in [6.45, 7) is 0.0764. The van der Waals surface area contributed by atoms with Crippen molar-refractivity contribution in [3.63, 3.8) is 0 Å². The van der Waals surface area contributed by atoms with Crippen molar-refractivity contribution < 1.29 is 12.6 Å². The van der Waals surface area contributed by atoms with Gasteiger partial charge in [0.1, 0.15) is 0 Å². The Hall–Kier alpha value is -0.170. The van der Waals surface area contributed by atoms with Crippen LogP contribution in [0.1, 0.15) is 12.0 Å². The van der Waals surface area contributed by atoms with Crippen LogP contribution in [0.25, 0.3) is 0 Å². The molecule has 0 N–H and O–H groups in total. The smallest absolute Gasteiger partial charge is 0.265 e. The van der Waals surface area contributed by atoms with Crippen LogP contribution in [-0.4, -0.2) is 18.8 Å². The molecule has 1 aromatic rings. The van der Waals surface area contributed by atoms with Gasteiger partial charge in [-0.05, 0) is 12.0 Å². The van der Waals surface area contributed by atoms with Gasteiger partial charge in [-0.3, -0.25) is 4.18 Å². The Morgan fingerprint density at radius 2 is 1.81 bits per heavy atom. The maximum absolute atomic E-state index is 11.4. The summed E-state index contributed by atoms with van der Waals surface area (Å²) in [6, 6.07) is 9.17. The van der Waals surface area contributed by atoms with E-state index in [1.54, 1.807) is 0 Å². The molecule has 3 nitrogen and oxygen atoms in total. The third kappa shape index (κ3) is 5.79. The second-order valence-corrected chi connectivity index (χ2v) is 6.69. The van der Waals surface area contributed by atoms with Gasteiger partial charge in [0.2, 0.25) is 0 Å². The van der Waals surface area contributed by atoms with Crippen molar-refractivity contribution in [3.8, 4) is 0 Å². The van der Waals surface area contributed by atoms with Gasteiger partial charge in [-0.15, -0.1) is 0 Å². The molecule has 6 heteroatoms. The SMILES string of the molecule is O=S(=O)(CCC(S)S)OCc1ccccc1. The van der Waals surface area contributed by atoms with E-state index in [0.29, 0.717) is 6.42 Å². The molecule has 0 radical (unpaired) electrons. The van der Waals surface area contributed by atoms with Crippen molar-refractivity contribution in [2.45, 2.75) is 17.6 Å². The van der Waals surface area contributed by atoms with Gasteiger partial charge in [0.05, 0.1) is 12.4 Å². The molecule has 0 fully saturated rings. The minimum absolute atomic E-state index is 0.0580. The molecule has 0 spiro atoms. The van der Waals surface area contributed by atoms with Crippen molar-refractivity contribution in [1.29, 1.82) is 0 Å². The largest absolute Gasteiger partial charge is 0.267 e. The Bertz CT molecular complexity index is 401. The van der Waals surface area contributed by atoms with E-state index >= 15 is 0 Å². The van der Waals surface area contributed by atoms with E-state index in [1.165, 1.54) is 0 Å². The highest BCUT2D eigenvalue weighted by Crippen LogP contribution is 2.10. The molecular formula is C10H14O3S3. The van der Waals surface area contributed by atoms with Gasteiger partial charge in [0.15, 0.2) is 0 Å². The average Bonchev–Trinajstić information content (AvgIpc) is 2.26. The Morgan fingerprint density at radius 1 is 1.19 bits per heavy atom. The minimum atomic E-state index is -3.47. The summed E-state index contributed by atoms with van der Waals surface area (Å²) in [7, 11) is -3.47. The lowest BCUT2D eigenvalue weighted by atomic mass is 10.2. The topological polar surface area (TPSA) is 43.4 Å². The second-order valence-electron chi connectivity index (χ2n) is 3.28. The van der Waals surface area contributed by atoms with Gasteiger partial charge in [-0.25, -0.2) is 0 Å². The highest BCUT2D eigenvalue weighted by atomic mass is 32.2. The molecule has 0 heterocycles. The Kier molecular flexibility index (Phi) is 5.68. The number of hydrogen-bond donors (Lipinski definition) is 2. The van der Waals surface area contributed by atoms with E-state index in [9.17, 15) is 8.42 Å². The molecule has 1 rings (SSSR count). The molecule has 1 aromatic carbocycles. The lowest BCUT2D eigenvalue weighted by molar-refractivity contribution is 0.308. The van der Waals surface area contributed by atoms with E-state index in [0.717, 1.165) is 5.56 Å². The van der Waals surface area contributed by atoms with Crippen molar-refractivity contribution in [1.82, 2.24) is 0 Å². The summed E-state index contributed by atoms with van der Waals surface area (Å²) in [5.74, 6) is -0.0580. The molecule has 0 bridgehead atoms. The fraction of sp³-hybridized carbons (Fsp3) is 0.400. The summed E-state index contributed by atoms with van der Waals surface area (Å²) in [5, 5.41) is 0. The van der Waals surface area contributed by atoms with Crippen LogP contribution in [0.15, 0.2) is 30.3 Å². The van der Waals surface area contributed by atoms with Crippen LogP contribution >= 0.6 is 25.3 Å². The zero-order chi connectivity index (χ0) is 12.0. The molecule has 0 saturated heterocycles. The van der Waals surface area contributed by atoms with Gasteiger partial charge >= 0.3 is 0 Å². The number of thiol groups is 2. The highest BCUT2D eigenvalue weighted by molar-refractivity contribution is 7.99. The van der Waals surface area contributed by atoms with E-state index in [4.69, 9.17) is 4.18 Å². The van der Waals surface area contributed by atoms with Crippen LogP contribution in [0, 0.1) is 0 Å². The number of hydrogen-bond acceptors (Lipinski definition) is 5. The fourth-order valence-electron chi connectivity index (χ4n) is 1.04. The van der Waals surface area contributed by atoms with Gasteiger partial charge in [-0.1, -0.05) is 30.3 Å². The molecule has 90 valence electrons. The summed E-state index contributed by atoms with van der Waals surface area (Å²) in [5.41, 5.74) is 0.833. The summed E-state index contributed by atoms with van der Waals surface area (Å²) in [6.07, 6.45) is 0.364. The zero-order valence-corrected chi connectivity index (χ0v) is 11.2. The van der Waals surface area contributed by atoms with E-state index in [-0.39, 0.29) is 16.9 Å². The van der Waals surface area contributed by atoms with Crippen LogP contribution in [0.4, 0.5) is 0 Å². The maximum Gasteiger partial charge on any atom is 0.267 e. The fourth-order valence-corrected chi connectivity index (χ4v) is 2.61. The predicted molar refractivity (Wildman–Crippen MR) is 71.4 cm³/mol. The third-order valence-corrected chi connectivity index (χ3v) is 3.60. The van der Waals surface area contributed by atoms with E-state index in [1.807, 2.05) is 30.3 Å². The van der Waals surface area contributed by atoms with Crippen molar-refractivity contribution in [3.05, 3.63) is 35.9 Å². The Morgan fingerprint density at radius 3 is 2.38 bits per heavy atom. The molecular weight excluding hydrogens is 264 g/mol. The molecule has 0 amide bonds. The first-order valence-corrected chi connectivity index (χ1v) is 7.38. The lowest BCUT2D eigenvalue weighted by Crippen LogP contribution is -2.12. The number of benzene rings is 1. The normalized spacial score (nSPS) is 11.9. The molecule has 0 aliphatic rings. The van der Waals surface area contributed by atoms with Crippen LogP contribution < -0.4 is 0 Å². The van der Waals surface area contributed by atoms with Gasteiger partial charge in [-0.2, -0.15) is 33.7 Å². The van der Waals surface area contributed by atoms with Crippen LogP contribution in [-0.2, 0) is 20.9 Å². The van der Waals surface area contributed by atoms with E-state index in [2.05, 4.69) is 25.3 Å². The molecule has 0 aromatic heterocycles. The monoisotopic (exact) mass is 278 g/mol. The molecule has 0 unspecified atom stereocenters. The van der Waals surface area contributed by atoms with Gasteiger partial charge < -0.3 is 0 Å². The summed E-state index contributed by atoms with van der Waals surface area (Å²) < 4.78 is 27.5. The minimum Gasteiger partial charge on any atom is -0.265 e. The standard InChI is InChI=1S/C10H14O3S3/c11-16(12,7-6-10(14)15)13-8-9-4-2-1-3-5-9/h1-5,10,14-15H,6-8H2. The average molecular weight is 278 g/mol. The van der Waals surface area contributed by atoms with Crippen molar-refractivity contribution in [2.24, 2.45) is 0 Å². The maximum atomic E-state index is 11.4. The van der Waals surface area contributed by atoms with Crippen molar-refractivity contribution >= 4 is 35.4 Å². The first-order valence-electron chi connectivity index (χ1n) is 4.77. The Balaban J connectivity index is 2.42. The quantitative estimate of drug-likeness (QED) is 0.476. The van der Waals surface area contributed by atoms with Crippen LogP contribution in [0.2, 0.25) is 0 Å². The molecule has 0 aliphatic heterocycles. The highest BCUT2D eigenvalue weighted by Gasteiger charge is 2.12. The zero-order valence-electron chi connectivity index (χ0n) is 8.61. The van der Waals surface area contributed by atoms with E-state index < -0.39 is 10.1 Å².